The van der Waals surface area contributed by atoms with Crippen molar-refractivity contribution in [3.63, 3.8) is 0 Å². The molecule has 0 fully saturated rings. The second kappa shape index (κ2) is 7.36. The van der Waals surface area contributed by atoms with Crippen LogP contribution in [0.4, 0.5) is 5.82 Å². The second-order valence-electron chi connectivity index (χ2n) is 7.77. The van der Waals surface area contributed by atoms with Crippen molar-refractivity contribution in [2.45, 2.75) is 26.8 Å². The van der Waals surface area contributed by atoms with Gasteiger partial charge in [0, 0.05) is 11.4 Å². The van der Waals surface area contributed by atoms with Crippen molar-refractivity contribution in [1.29, 1.82) is 0 Å². The van der Waals surface area contributed by atoms with Crippen molar-refractivity contribution >= 4 is 27.8 Å². The maximum Gasteiger partial charge on any atom is 0.263 e. The molecule has 0 saturated heterocycles. The quantitative estimate of drug-likeness (QED) is 0.457. The van der Waals surface area contributed by atoms with Crippen LogP contribution in [-0.2, 0) is 0 Å². The fourth-order valence-corrected chi connectivity index (χ4v) is 3.98. The van der Waals surface area contributed by atoms with Crippen LogP contribution in [-0.4, -0.2) is 24.5 Å². The van der Waals surface area contributed by atoms with Crippen LogP contribution in [0, 0.1) is 13.8 Å². The minimum Gasteiger partial charge on any atom is -0.360 e. The highest BCUT2D eigenvalue weighted by molar-refractivity contribution is 5.86. The number of hydrogen-bond acceptors (Lipinski definition) is 5. The maximum atomic E-state index is 13.7. The van der Waals surface area contributed by atoms with Gasteiger partial charge in [-0.15, -0.1) is 0 Å². The molecule has 3 heterocycles. The number of aromatic nitrogens is 5. The minimum absolute atomic E-state index is 0.0318. The van der Waals surface area contributed by atoms with Gasteiger partial charge >= 0.3 is 0 Å². The Balaban J connectivity index is 1.71. The maximum absolute atomic E-state index is 13.7. The highest BCUT2D eigenvalue weighted by atomic mass is 16.1. The van der Waals surface area contributed by atoms with Gasteiger partial charge in [-0.2, -0.15) is 0 Å². The third kappa shape index (κ3) is 3.24. The van der Waals surface area contributed by atoms with Gasteiger partial charge in [0.15, 0.2) is 11.5 Å². The first-order valence-electron chi connectivity index (χ1n) is 10.2. The van der Waals surface area contributed by atoms with Gasteiger partial charge in [-0.1, -0.05) is 35.9 Å². The van der Waals surface area contributed by atoms with Crippen LogP contribution in [0.1, 0.15) is 29.8 Å². The van der Waals surface area contributed by atoms with Crippen LogP contribution < -0.4 is 10.9 Å². The summed E-state index contributed by atoms with van der Waals surface area (Å²) in [5.74, 6) is 0.617. The molecule has 31 heavy (non-hydrogen) atoms. The van der Waals surface area contributed by atoms with E-state index in [1.165, 1.54) is 6.33 Å². The van der Waals surface area contributed by atoms with Gasteiger partial charge in [-0.25, -0.2) is 15.0 Å². The van der Waals surface area contributed by atoms with Crippen molar-refractivity contribution in [1.82, 2.24) is 24.5 Å². The number of fused-ring (bicyclic) bond motifs is 2. The Morgan fingerprint density at radius 2 is 1.84 bits per heavy atom. The van der Waals surface area contributed by atoms with E-state index < -0.39 is 0 Å². The van der Waals surface area contributed by atoms with E-state index in [2.05, 4.69) is 31.3 Å². The lowest BCUT2D eigenvalue weighted by Gasteiger charge is -2.22. The molecule has 0 amide bonds. The zero-order valence-electron chi connectivity index (χ0n) is 17.5. The van der Waals surface area contributed by atoms with E-state index in [4.69, 9.17) is 0 Å². The molecule has 7 heteroatoms. The smallest absolute Gasteiger partial charge is 0.263 e. The van der Waals surface area contributed by atoms with E-state index >= 15 is 0 Å². The number of benzene rings is 2. The fourth-order valence-electron chi connectivity index (χ4n) is 3.98. The number of aryl methyl sites for hydroxylation is 2. The Bertz CT molecular complexity index is 1470. The average Bonchev–Trinajstić information content (AvgIpc) is 3.24. The minimum atomic E-state index is -0.214. The lowest BCUT2D eigenvalue weighted by molar-refractivity contribution is 0.773. The first-order chi connectivity index (χ1) is 15.0. The molecule has 154 valence electrons. The number of pyridine rings is 1. The lowest BCUT2D eigenvalue weighted by Crippen LogP contribution is -2.26. The van der Waals surface area contributed by atoms with E-state index in [0.29, 0.717) is 17.0 Å². The molecule has 2 N–H and O–H groups in total. The first-order valence-corrected chi connectivity index (χ1v) is 10.2. The van der Waals surface area contributed by atoms with Gasteiger partial charge in [0.1, 0.15) is 11.8 Å². The summed E-state index contributed by atoms with van der Waals surface area (Å²) in [5.41, 5.74) is 5.07. The summed E-state index contributed by atoms with van der Waals surface area (Å²) in [6, 6.07) is 15.8. The second-order valence-corrected chi connectivity index (χ2v) is 7.77. The zero-order chi connectivity index (χ0) is 21.5. The molecule has 2 aromatic carbocycles. The molecule has 7 nitrogen and oxygen atoms in total. The summed E-state index contributed by atoms with van der Waals surface area (Å²) < 4.78 is 1.79. The summed E-state index contributed by atoms with van der Waals surface area (Å²) in [6.07, 6.45) is 3.09. The van der Waals surface area contributed by atoms with Crippen molar-refractivity contribution in [3.05, 3.63) is 88.4 Å². The highest BCUT2D eigenvalue weighted by Crippen LogP contribution is 2.26. The Labute approximate surface area is 178 Å². The molecule has 5 aromatic rings. The fraction of sp³-hybridized carbons (Fsp3) is 0.167. The van der Waals surface area contributed by atoms with E-state index in [-0.39, 0.29) is 11.6 Å². The molecule has 1 atom stereocenters. The monoisotopic (exact) mass is 410 g/mol. The average molecular weight is 410 g/mol. The van der Waals surface area contributed by atoms with E-state index in [1.807, 2.05) is 63.2 Å². The van der Waals surface area contributed by atoms with Crippen LogP contribution in [0.5, 0.6) is 0 Å². The van der Waals surface area contributed by atoms with Crippen LogP contribution in [0.2, 0.25) is 0 Å². The van der Waals surface area contributed by atoms with Crippen molar-refractivity contribution in [3.8, 4) is 5.69 Å². The predicted octanol–water partition coefficient (Wildman–Crippen LogP) is 4.45. The summed E-state index contributed by atoms with van der Waals surface area (Å²) in [5, 5.41) is 5.08. The van der Waals surface area contributed by atoms with Gasteiger partial charge < -0.3 is 10.3 Å². The molecule has 0 radical (unpaired) electrons. The van der Waals surface area contributed by atoms with Gasteiger partial charge in [-0.3, -0.25) is 9.36 Å². The van der Waals surface area contributed by atoms with Crippen molar-refractivity contribution < 1.29 is 0 Å². The third-order valence-electron chi connectivity index (χ3n) is 5.59. The van der Waals surface area contributed by atoms with Crippen LogP contribution in [0.25, 0.3) is 27.6 Å². The van der Waals surface area contributed by atoms with Crippen LogP contribution >= 0.6 is 0 Å². The first kappa shape index (κ1) is 19.0. The molecule has 0 aliphatic rings. The highest BCUT2D eigenvalue weighted by Gasteiger charge is 2.19. The Kier molecular flexibility index (Phi) is 4.51. The molecule has 0 spiro atoms. The van der Waals surface area contributed by atoms with Gasteiger partial charge in [-0.05, 0) is 49.9 Å². The number of nitrogens with one attached hydrogen (secondary N) is 2. The van der Waals surface area contributed by atoms with Crippen molar-refractivity contribution in [2.24, 2.45) is 0 Å². The van der Waals surface area contributed by atoms with Crippen LogP contribution in [0.15, 0.2) is 66.0 Å². The summed E-state index contributed by atoms with van der Waals surface area (Å²) in [7, 11) is 0. The lowest BCUT2D eigenvalue weighted by atomic mass is 10.0. The topological polar surface area (TPSA) is 88.5 Å². The van der Waals surface area contributed by atoms with Gasteiger partial charge in [0.2, 0.25) is 0 Å². The number of imidazole rings is 1. The Morgan fingerprint density at radius 1 is 1.03 bits per heavy atom. The standard InChI is InChI=1S/C24H22N6O/c1-14-7-9-18(10-8-14)30-19(11-17-6-4-5-15(2)20(17)24(30)31)16(3)29-23-21-22(26-12-25-21)27-13-28-23/h4-13,16H,1-3H3,(H2,25,26,27,28,29). The largest absolute Gasteiger partial charge is 0.360 e. The third-order valence-corrected chi connectivity index (χ3v) is 5.59. The molecular weight excluding hydrogens is 388 g/mol. The zero-order valence-corrected chi connectivity index (χ0v) is 17.5. The number of rotatable bonds is 4. The summed E-state index contributed by atoms with van der Waals surface area (Å²) in [4.78, 5) is 29.6. The molecule has 5 rings (SSSR count). The SMILES string of the molecule is Cc1ccc(-n2c(C(C)Nc3ncnc4[nH]cnc34)cc3cccc(C)c3c2=O)cc1. The number of nitrogens with zero attached hydrogens (tertiary/aromatic N) is 4. The van der Waals surface area contributed by atoms with Gasteiger partial charge in [0.05, 0.1) is 17.8 Å². The molecule has 3 aromatic heterocycles. The summed E-state index contributed by atoms with van der Waals surface area (Å²) >= 11 is 0. The molecule has 0 aliphatic carbocycles. The number of H-pyrrole nitrogens is 1. The Hall–Kier alpha value is -4.00. The molecule has 1 unspecified atom stereocenters. The Morgan fingerprint density at radius 3 is 2.65 bits per heavy atom. The molecule has 0 aliphatic heterocycles. The number of hydrogen-bond donors (Lipinski definition) is 2. The molecule has 0 bridgehead atoms. The van der Waals surface area contributed by atoms with E-state index in [0.717, 1.165) is 33.3 Å². The van der Waals surface area contributed by atoms with Crippen molar-refractivity contribution in [2.75, 3.05) is 5.32 Å². The predicted molar refractivity (Wildman–Crippen MR) is 123 cm³/mol. The van der Waals surface area contributed by atoms with E-state index in [1.54, 1.807) is 10.9 Å². The van der Waals surface area contributed by atoms with Gasteiger partial charge in [0.25, 0.3) is 5.56 Å². The molecular formula is C24H22N6O. The van der Waals surface area contributed by atoms with Crippen LogP contribution in [0.3, 0.4) is 0 Å². The molecule has 0 saturated carbocycles. The summed E-state index contributed by atoms with van der Waals surface area (Å²) in [6.45, 7) is 6.02. The number of aromatic amines is 1. The van der Waals surface area contributed by atoms with E-state index in [9.17, 15) is 4.79 Å². The normalized spacial score (nSPS) is 12.4. The number of anilines is 1.